The summed E-state index contributed by atoms with van der Waals surface area (Å²) in [5.74, 6) is 1.56. The van der Waals surface area contributed by atoms with Gasteiger partial charge in [-0.25, -0.2) is 0 Å². The monoisotopic (exact) mass is 436 g/mol. The Morgan fingerprint density at radius 3 is 1.38 bits per heavy atom. The van der Waals surface area contributed by atoms with E-state index in [0.29, 0.717) is 11.1 Å². The van der Waals surface area contributed by atoms with Crippen molar-refractivity contribution in [3.63, 3.8) is 0 Å². The van der Waals surface area contributed by atoms with Crippen LogP contribution in [0.25, 0.3) is 55.3 Å². The van der Waals surface area contributed by atoms with Crippen LogP contribution in [0.1, 0.15) is 11.1 Å². The van der Waals surface area contributed by atoms with Crippen LogP contribution in [0.2, 0.25) is 0 Å². The van der Waals surface area contributed by atoms with Gasteiger partial charge in [-0.2, -0.15) is 10.5 Å². The zero-order valence-electron chi connectivity index (χ0n) is 17.9. The predicted molar refractivity (Wildman–Crippen MR) is 132 cm³/mol. The Kier molecular flexibility index (Phi) is 4.51. The van der Waals surface area contributed by atoms with Crippen molar-refractivity contribution in [3.05, 3.63) is 109 Å². The van der Waals surface area contributed by atoms with Crippen LogP contribution in [-0.4, -0.2) is 0 Å². The molecule has 0 unspecified atom stereocenters. The molecule has 0 bridgehead atoms. The molecule has 2 heterocycles. The summed E-state index contributed by atoms with van der Waals surface area (Å²) in [4.78, 5) is 0. The van der Waals surface area contributed by atoms with E-state index in [9.17, 15) is 10.5 Å². The summed E-state index contributed by atoms with van der Waals surface area (Å²) in [7, 11) is 0. The molecular formula is C30H16N2O2. The van der Waals surface area contributed by atoms with Gasteiger partial charge in [-0.3, -0.25) is 0 Å². The molecule has 2 aromatic heterocycles. The van der Waals surface area contributed by atoms with E-state index < -0.39 is 0 Å². The fraction of sp³-hybridized carbons (Fsp3) is 0. The van der Waals surface area contributed by atoms with Crippen LogP contribution >= 0.6 is 0 Å². The second-order valence-electron chi connectivity index (χ2n) is 8.03. The highest BCUT2D eigenvalue weighted by molar-refractivity contribution is 6.10. The van der Waals surface area contributed by atoms with Crippen LogP contribution in [0.4, 0.5) is 0 Å². The van der Waals surface area contributed by atoms with E-state index >= 15 is 0 Å². The Hall–Kier alpha value is -5.06. The maximum atomic E-state index is 9.99. The molecule has 0 spiro atoms. The quantitative estimate of drug-likeness (QED) is 0.282. The van der Waals surface area contributed by atoms with E-state index in [4.69, 9.17) is 8.83 Å². The molecule has 0 saturated heterocycles. The van der Waals surface area contributed by atoms with Gasteiger partial charge in [0, 0.05) is 22.3 Å². The van der Waals surface area contributed by atoms with Gasteiger partial charge in [0.2, 0.25) is 0 Å². The zero-order valence-corrected chi connectivity index (χ0v) is 17.9. The summed E-state index contributed by atoms with van der Waals surface area (Å²) in [6, 6.07) is 31.8. The van der Waals surface area contributed by atoms with Gasteiger partial charge in [-0.1, -0.05) is 36.4 Å². The third-order valence-electron chi connectivity index (χ3n) is 6.14. The molecule has 4 nitrogen and oxygen atoms in total. The summed E-state index contributed by atoms with van der Waals surface area (Å²) in [5.41, 5.74) is 4.48. The molecule has 4 aromatic carbocycles. The summed E-state index contributed by atoms with van der Waals surface area (Å²) in [6.07, 6.45) is 3.30. The predicted octanol–water partition coefficient (Wildman–Crippen LogP) is 7.92. The van der Waals surface area contributed by atoms with E-state index in [-0.39, 0.29) is 0 Å². The Morgan fingerprint density at radius 2 is 1.00 bits per heavy atom. The van der Waals surface area contributed by atoms with Gasteiger partial charge in [-0.15, -0.1) is 0 Å². The maximum Gasteiger partial charge on any atom is 0.133 e. The second-order valence-corrected chi connectivity index (χ2v) is 8.03. The van der Waals surface area contributed by atoms with E-state index in [2.05, 4.69) is 12.1 Å². The lowest BCUT2D eigenvalue weighted by atomic mass is 9.87. The molecule has 0 N–H and O–H groups in total. The molecule has 0 amide bonds. The summed E-state index contributed by atoms with van der Waals surface area (Å²) in [5, 5.41) is 23.7. The van der Waals surface area contributed by atoms with Crippen LogP contribution < -0.4 is 0 Å². The first-order valence-electron chi connectivity index (χ1n) is 10.8. The van der Waals surface area contributed by atoms with Crippen molar-refractivity contribution in [2.45, 2.75) is 0 Å². The first-order valence-corrected chi connectivity index (χ1v) is 10.8. The minimum Gasteiger partial charge on any atom is -0.464 e. The van der Waals surface area contributed by atoms with Gasteiger partial charge in [-0.05, 0) is 70.1 Å². The first kappa shape index (κ1) is 19.6. The number of nitrogens with zero attached hydrogens (tertiary/aromatic N) is 2. The smallest absolute Gasteiger partial charge is 0.133 e. The highest BCUT2D eigenvalue weighted by Crippen LogP contribution is 2.40. The SMILES string of the molecule is N#Cc1ccc2cc(-c3ccco3)ccc2c1-c1c(C#N)ccc2cc(-c3ccco3)ccc12. The number of rotatable bonds is 3. The Morgan fingerprint density at radius 1 is 0.529 bits per heavy atom. The van der Waals surface area contributed by atoms with Crippen LogP contribution in [0.3, 0.4) is 0 Å². The van der Waals surface area contributed by atoms with Crippen LogP contribution in [0, 0.1) is 22.7 Å². The van der Waals surface area contributed by atoms with E-state index in [1.54, 1.807) is 12.5 Å². The number of hydrogen-bond acceptors (Lipinski definition) is 4. The molecule has 6 aromatic rings. The summed E-state index contributed by atoms with van der Waals surface area (Å²) >= 11 is 0. The molecular weight excluding hydrogens is 420 g/mol. The number of fused-ring (bicyclic) bond motifs is 2. The van der Waals surface area contributed by atoms with Crippen molar-refractivity contribution in [3.8, 4) is 45.9 Å². The van der Waals surface area contributed by atoms with Crippen molar-refractivity contribution >= 4 is 21.5 Å². The normalized spacial score (nSPS) is 10.9. The molecule has 0 atom stereocenters. The van der Waals surface area contributed by atoms with E-state index in [1.165, 1.54) is 0 Å². The average molecular weight is 436 g/mol. The summed E-state index contributed by atoms with van der Waals surface area (Å²) < 4.78 is 11.1. The molecule has 4 heteroatoms. The van der Waals surface area contributed by atoms with Gasteiger partial charge in [0.1, 0.15) is 11.5 Å². The second kappa shape index (κ2) is 7.81. The van der Waals surface area contributed by atoms with Gasteiger partial charge < -0.3 is 8.83 Å². The van der Waals surface area contributed by atoms with Gasteiger partial charge >= 0.3 is 0 Å². The topological polar surface area (TPSA) is 73.9 Å². The standard InChI is InChI=1S/C30H16N2O2/c31-17-23-7-5-19-15-21(27-3-1-13-33-27)9-11-25(19)29(23)30-24(18-32)8-6-20-16-22(10-12-26(20)30)28-4-2-14-34-28/h1-16H. The fourth-order valence-corrected chi connectivity index (χ4v) is 4.58. The first-order chi connectivity index (χ1) is 16.8. The molecule has 0 aliphatic rings. The third-order valence-corrected chi connectivity index (χ3v) is 6.14. The van der Waals surface area contributed by atoms with Crippen molar-refractivity contribution in [1.29, 1.82) is 10.5 Å². The van der Waals surface area contributed by atoms with Gasteiger partial charge in [0.15, 0.2) is 0 Å². The minimum atomic E-state index is 0.525. The van der Waals surface area contributed by atoms with Gasteiger partial charge in [0.25, 0.3) is 0 Å². The highest BCUT2D eigenvalue weighted by atomic mass is 16.3. The molecule has 0 aliphatic heterocycles. The minimum absolute atomic E-state index is 0.525. The molecule has 0 aliphatic carbocycles. The Bertz CT molecular complexity index is 1630. The maximum absolute atomic E-state index is 9.99. The molecule has 34 heavy (non-hydrogen) atoms. The lowest BCUT2D eigenvalue weighted by molar-refractivity contribution is 0.582. The van der Waals surface area contributed by atoms with Crippen LogP contribution in [-0.2, 0) is 0 Å². The summed E-state index contributed by atoms with van der Waals surface area (Å²) in [6.45, 7) is 0. The van der Waals surface area contributed by atoms with Crippen molar-refractivity contribution in [2.24, 2.45) is 0 Å². The molecule has 0 radical (unpaired) electrons. The lowest BCUT2D eigenvalue weighted by Gasteiger charge is -2.15. The number of hydrogen-bond donors (Lipinski definition) is 0. The van der Waals surface area contributed by atoms with E-state index in [1.807, 2.05) is 84.9 Å². The average Bonchev–Trinajstić information content (AvgIpc) is 3.62. The molecule has 158 valence electrons. The van der Waals surface area contributed by atoms with Crippen LogP contribution in [0.5, 0.6) is 0 Å². The number of benzene rings is 4. The van der Waals surface area contributed by atoms with Crippen molar-refractivity contribution in [2.75, 3.05) is 0 Å². The lowest BCUT2D eigenvalue weighted by Crippen LogP contribution is -1.93. The number of nitriles is 2. The molecule has 0 saturated carbocycles. The fourth-order valence-electron chi connectivity index (χ4n) is 4.58. The van der Waals surface area contributed by atoms with Crippen molar-refractivity contribution < 1.29 is 8.83 Å². The molecule has 0 fully saturated rings. The Labute approximate surface area is 195 Å². The van der Waals surface area contributed by atoms with Gasteiger partial charge in [0.05, 0.1) is 35.8 Å². The zero-order chi connectivity index (χ0) is 23.1. The largest absolute Gasteiger partial charge is 0.464 e. The van der Waals surface area contributed by atoms with Crippen LogP contribution in [0.15, 0.2) is 106 Å². The third kappa shape index (κ3) is 3.06. The highest BCUT2D eigenvalue weighted by Gasteiger charge is 2.18. The molecule has 6 rings (SSSR count). The number of furan rings is 2. The van der Waals surface area contributed by atoms with Crippen molar-refractivity contribution in [1.82, 2.24) is 0 Å². The Balaban J connectivity index is 1.65. The van der Waals surface area contributed by atoms with E-state index in [0.717, 1.165) is 55.3 Å².